The Bertz CT molecular complexity index is 658. The number of rotatable bonds is 3. The van der Waals surface area contributed by atoms with Gasteiger partial charge < -0.3 is 10.3 Å². The number of aromatic nitrogens is 2. The van der Waals surface area contributed by atoms with Gasteiger partial charge in [-0.05, 0) is 20.8 Å². The molecule has 2 N–H and O–H groups in total. The monoisotopic (exact) mass is 289 g/mol. The molecule has 0 aromatic carbocycles. The van der Waals surface area contributed by atoms with Gasteiger partial charge in [0.2, 0.25) is 0 Å². The van der Waals surface area contributed by atoms with E-state index in [0.717, 1.165) is 9.13 Å². The van der Waals surface area contributed by atoms with Gasteiger partial charge in [0.05, 0.1) is 10.5 Å². The molecule has 1 aromatic heterocycles. The molecule has 0 aliphatic carbocycles. The maximum atomic E-state index is 12.0. The fraction of sp³-hybridized carbons (Fsp3) is 0.636. The van der Waals surface area contributed by atoms with Crippen LogP contribution < -0.4 is 17.0 Å². The van der Waals surface area contributed by atoms with Gasteiger partial charge in [-0.1, -0.05) is 0 Å². The molecular formula is C11H19N3O4S. The van der Waals surface area contributed by atoms with E-state index in [9.17, 15) is 18.0 Å². The molecule has 8 heteroatoms. The highest BCUT2D eigenvalue weighted by atomic mass is 32.2. The predicted octanol–water partition coefficient (Wildman–Crippen LogP) is -0.657. The van der Waals surface area contributed by atoms with Crippen molar-refractivity contribution in [3.05, 3.63) is 27.0 Å². The zero-order valence-electron chi connectivity index (χ0n) is 11.5. The Morgan fingerprint density at radius 1 is 1.26 bits per heavy atom. The Kier molecular flexibility index (Phi) is 3.94. The lowest BCUT2D eigenvalue weighted by molar-refractivity contribution is 0.546. The van der Waals surface area contributed by atoms with Crippen LogP contribution in [0.5, 0.6) is 0 Å². The summed E-state index contributed by atoms with van der Waals surface area (Å²) in [4.78, 5) is 23.5. The predicted molar refractivity (Wildman–Crippen MR) is 73.9 cm³/mol. The van der Waals surface area contributed by atoms with Gasteiger partial charge in [0.25, 0.3) is 5.56 Å². The molecule has 0 amide bonds. The fourth-order valence-electron chi connectivity index (χ4n) is 1.47. The first-order valence-electron chi connectivity index (χ1n) is 5.75. The molecule has 19 heavy (non-hydrogen) atoms. The molecule has 1 rings (SSSR count). The zero-order valence-corrected chi connectivity index (χ0v) is 12.3. The van der Waals surface area contributed by atoms with E-state index in [1.54, 1.807) is 20.8 Å². The molecule has 0 saturated heterocycles. The smallest absolute Gasteiger partial charge is 0.330 e. The van der Waals surface area contributed by atoms with E-state index in [2.05, 4.69) is 0 Å². The number of anilines is 1. The lowest BCUT2D eigenvalue weighted by Gasteiger charge is -2.19. The van der Waals surface area contributed by atoms with Crippen molar-refractivity contribution in [2.24, 2.45) is 7.05 Å². The minimum Gasteiger partial charge on any atom is -0.393 e. The number of nitrogen functional groups attached to an aromatic ring is 1. The van der Waals surface area contributed by atoms with Crippen LogP contribution in [-0.2, 0) is 23.4 Å². The zero-order chi connectivity index (χ0) is 15.0. The third-order valence-corrected chi connectivity index (χ3v) is 5.46. The normalized spacial score (nSPS) is 12.6. The molecule has 0 radical (unpaired) electrons. The third-order valence-electron chi connectivity index (χ3n) is 2.87. The van der Waals surface area contributed by atoms with Crippen LogP contribution in [0, 0.1) is 0 Å². The lowest BCUT2D eigenvalue weighted by Crippen LogP contribution is -2.42. The summed E-state index contributed by atoms with van der Waals surface area (Å²) in [5, 5.41) is 0. The molecule has 0 bridgehead atoms. The van der Waals surface area contributed by atoms with E-state index in [4.69, 9.17) is 5.73 Å². The molecule has 0 saturated carbocycles. The second-order valence-corrected chi connectivity index (χ2v) is 8.23. The molecule has 0 fully saturated rings. The van der Waals surface area contributed by atoms with Crippen molar-refractivity contribution in [2.75, 3.05) is 11.5 Å². The number of aryl methyl sites for hydroxylation is 1. The van der Waals surface area contributed by atoms with Gasteiger partial charge in [-0.25, -0.2) is 13.2 Å². The average Bonchev–Trinajstić information content (AvgIpc) is 2.25. The summed E-state index contributed by atoms with van der Waals surface area (Å²) in [6.07, 6.45) is 1.22. The molecule has 0 aliphatic heterocycles. The number of hydrogen-bond acceptors (Lipinski definition) is 5. The summed E-state index contributed by atoms with van der Waals surface area (Å²) >= 11 is 0. The van der Waals surface area contributed by atoms with Crippen LogP contribution in [0.1, 0.15) is 20.8 Å². The Labute approximate surface area is 111 Å². The number of nitrogens with two attached hydrogens (primary N) is 1. The maximum Gasteiger partial charge on any atom is 0.330 e. The van der Waals surface area contributed by atoms with Gasteiger partial charge in [-0.2, -0.15) is 0 Å². The van der Waals surface area contributed by atoms with Crippen LogP contribution in [0.2, 0.25) is 0 Å². The lowest BCUT2D eigenvalue weighted by atomic mass is 10.3. The first-order chi connectivity index (χ1) is 8.47. The summed E-state index contributed by atoms with van der Waals surface area (Å²) in [5.74, 6) is -0.283. The molecule has 0 aliphatic rings. The Balaban J connectivity index is 3.17. The Morgan fingerprint density at radius 3 is 2.26 bits per heavy atom. The number of nitrogens with zero attached hydrogens (tertiary/aromatic N) is 2. The molecule has 1 aromatic rings. The van der Waals surface area contributed by atoms with Crippen molar-refractivity contribution < 1.29 is 8.42 Å². The third kappa shape index (κ3) is 3.06. The van der Waals surface area contributed by atoms with Crippen LogP contribution in [-0.4, -0.2) is 28.1 Å². The van der Waals surface area contributed by atoms with Gasteiger partial charge in [0, 0.05) is 19.8 Å². The maximum absolute atomic E-state index is 12.0. The van der Waals surface area contributed by atoms with Crippen LogP contribution in [0.4, 0.5) is 5.69 Å². The second-order valence-electron chi connectivity index (χ2n) is 5.37. The van der Waals surface area contributed by atoms with Crippen molar-refractivity contribution in [3.63, 3.8) is 0 Å². The van der Waals surface area contributed by atoms with Crippen molar-refractivity contribution >= 4 is 15.5 Å². The molecular weight excluding hydrogens is 270 g/mol. The van der Waals surface area contributed by atoms with Crippen molar-refractivity contribution in [1.29, 1.82) is 0 Å². The summed E-state index contributed by atoms with van der Waals surface area (Å²) < 4.78 is 25.0. The highest BCUT2D eigenvalue weighted by molar-refractivity contribution is 7.92. The van der Waals surface area contributed by atoms with E-state index in [1.807, 2.05) is 0 Å². The van der Waals surface area contributed by atoms with Crippen molar-refractivity contribution in [3.8, 4) is 0 Å². The summed E-state index contributed by atoms with van der Waals surface area (Å²) in [6, 6.07) is 0. The van der Waals surface area contributed by atoms with E-state index in [1.165, 1.54) is 13.2 Å². The highest BCUT2D eigenvalue weighted by Gasteiger charge is 2.28. The first kappa shape index (κ1) is 15.5. The molecule has 108 valence electrons. The molecule has 0 unspecified atom stereocenters. The van der Waals surface area contributed by atoms with E-state index < -0.39 is 25.8 Å². The molecule has 0 spiro atoms. The quantitative estimate of drug-likeness (QED) is 0.795. The van der Waals surface area contributed by atoms with E-state index >= 15 is 0 Å². The summed E-state index contributed by atoms with van der Waals surface area (Å²) in [5.41, 5.74) is 4.14. The fourth-order valence-corrected chi connectivity index (χ4v) is 2.50. The molecule has 0 atom stereocenters. The molecule has 7 nitrogen and oxygen atoms in total. The van der Waals surface area contributed by atoms with Gasteiger partial charge in [0.1, 0.15) is 5.69 Å². The average molecular weight is 289 g/mol. The second kappa shape index (κ2) is 4.84. The van der Waals surface area contributed by atoms with Gasteiger partial charge in [-0.15, -0.1) is 0 Å². The Morgan fingerprint density at radius 2 is 1.79 bits per heavy atom. The van der Waals surface area contributed by atoms with Crippen LogP contribution in [0.3, 0.4) is 0 Å². The van der Waals surface area contributed by atoms with Crippen molar-refractivity contribution in [1.82, 2.24) is 9.13 Å². The first-order valence-corrected chi connectivity index (χ1v) is 7.41. The summed E-state index contributed by atoms with van der Waals surface area (Å²) in [7, 11) is -1.95. The van der Waals surface area contributed by atoms with Gasteiger partial charge in [0.15, 0.2) is 9.84 Å². The molecule has 1 heterocycles. The Hall–Kier alpha value is -1.57. The van der Waals surface area contributed by atoms with Crippen LogP contribution in [0.25, 0.3) is 0 Å². The standard InChI is InChI=1S/C11H19N3O4S/c1-11(2,3)19(17,18)6-5-14-9(15)8(12)7-13(4)10(14)16/h7H,5-6,12H2,1-4H3. The van der Waals surface area contributed by atoms with Gasteiger partial charge in [-0.3, -0.25) is 9.36 Å². The van der Waals surface area contributed by atoms with Crippen LogP contribution in [0.15, 0.2) is 15.8 Å². The van der Waals surface area contributed by atoms with Crippen LogP contribution >= 0.6 is 0 Å². The van der Waals surface area contributed by atoms with Crippen molar-refractivity contribution in [2.45, 2.75) is 32.1 Å². The SMILES string of the molecule is Cn1cc(N)c(=O)n(CCS(=O)(=O)C(C)(C)C)c1=O. The summed E-state index contributed by atoms with van der Waals surface area (Å²) in [6.45, 7) is 4.52. The number of sulfone groups is 1. The van der Waals surface area contributed by atoms with E-state index in [-0.39, 0.29) is 18.0 Å². The van der Waals surface area contributed by atoms with E-state index in [0.29, 0.717) is 0 Å². The highest BCUT2D eigenvalue weighted by Crippen LogP contribution is 2.15. The largest absolute Gasteiger partial charge is 0.393 e. The topological polar surface area (TPSA) is 104 Å². The minimum atomic E-state index is -3.40. The minimum absolute atomic E-state index is 0.0877. The number of hydrogen-bond donors (Lipinski definition) is 1. The van der Waals surface area contributed by atoms with Gasteiger partial charge >= 0.3 is 5.69 Å².